The van der Waals surface area contributed by atoms with Gasteiger partial charge in [0.15, 0.2) is 0 Å². The second-order valence-electron chi connectivity index (χ2n) is 5.20. The predicted molar refractivity (Wildman–Crippen MR) is 60.3 cm³/mol. The summed E-state index contributed by atoms with van der Waals surface area (Å²) in [5, 5.41) is 3.12. The lowest BCUT2D eigenvalue weighted by atomic mass is 9.84. The van der Waals surface area contributed by atoms with E-state index in [0.29, 0.717) is 12.0 Å². The molecule has 86 valence electrons. The van der Waals surface area contributed by atoms with E-state index in [0.717, 1.165) is 6.42 Å². The first kappa shape index (κ1) is 10.9. The highest BCUT2D eigenvalue weighted by molar-refractivity contribution is 5.82. The summed E-state index contributed by atoms with van der Waals surface area (Å²) < 4.78 is 0. The molecule has 0 spiro atoms. The van der Waals surface area contributed by atoms with Gasteiger partial charge in [-0.15, -0.1) is 0 Å². The number of rotatable bonds is 3. The molecule has 3 atom stereocenters. The highest BCUT2D eigenvalue weighted by Gasteiger charge is 2.40. The first-order valence-electron chi connectivity index (χ1n) is 6.24. The summed E-state index contributed by atoms with van der Waals surface area (Å²) in [6, 6.07) is 0.467. The quantitative estimate of drug-likeness (QED) is 0.740. The topological polar surface area (TPSA) is 55.1 Å². The van der Waals surface area contributed by atoms with Gasteiger partial charge in [-0.3, -0.25) is 4.79 Å². The number of hydrogen-bond donors (Lipinski definition) is 2. The van der Waals surface area contributed by atoms with Crippen molar-refractivity contribution in [3.63, 3.8) is 0 Å². The van der Waals surface area contributed by atoms with Crippen molar-refractivity contribution in [2.75, 3.05) is 0 Å². The molecule has 0 aromatic rings. The third-order valence-electron chi connectivity index (χ3n) is 3.90. The summed E-state index contributed by atoms with van der Waals surface area (Å²) in [4.78, 5) is 11.7. The van der Waals surface area contributed by atoms with E-state index in [1.807, 2.05) is 0 Å². The average molecular weight is 210 g/mol. The van der Waals surface area contributed by atoms with Crippen LogP contribution in [0.4, 0.5) is 0 Å². The molecular weight excluding hydrogens is 188 g/mol. The lowest BCUT2D eigenvalue weighted by Gasteiger charge is -2.28. The molecule has 0 heterocycles. The molecule has 3 unspecified atom stereocenters. The van der Waals surface area contributed by atoms with Gasteiger partial charge in [-0.05, 0) is 32.1 Å². The van der Waals surface area contributed by atoms with E-state index in [1.165, 1.54) is 32.1 Å². The second kappa shape index (κ2) is 4.52. The van der Waals surface area contributed by atoms with E-state index in [-0.39, 0.29) is 17.9 Å². The van der Waals surface area contributed by atoms with Crippen LogP contribution in [0.25, 0.3) is 0 Å². The van der Waals surface area contributed by atoms with Crippen molar-refractivity contribution in [1.29, 1.82) is 0 Å². The highest BCUT2D eigenvalue weighted by atomic mass is 16.2. The second-order valence-corrected chi connectivity index (χ2v) is 5.20. The normalized spacial score (nSPS) is 33.5. The molecule has 2 rings (SSSR count). The van der Waals surface area contributed by atoms with Gasteiger partial charge in [0.1, 0.15) is 0 Å². The molecule has 2 aliphatic carbocycles. The van der Waals surface area contributed by atoms with Crippen LogP contribution in [0, 0.1) is 11.8 Å². The van der Waals surface area contributed by atoms with E-state index in [2.05, 4.69) is 12.2 Å². The maximum atomic E-state index is 11.7. The van der Waals surface area contributed by atoms with Gasteiger partial charge in [-0.25, -0.2) is 0 Å². The van der Waals surface area contributed by atoms with Crippen LogP contribution in [0.5, 0.6) is 0 Å². The van der Waals surface area contributed by atoms with Crippen LogP contribution in [0.15, 0.2) is 0 Å². The standard InChI is InChI=1S/C12H22N2O/c1-8(9-5-3-2-4-6-9)14-12(15)10-7-11(10)13/h8-11H,2-7,13H2,1H3,(H,14,15). The smallest absolute Gasteiger partial charge is 0.224 e. The Morgan fingerprint density at radius 3 is 2.47 bits per heavy atom. The molecule has 0 bridgehead atoms. The van der Waals surface area contributed by atoms with Crippen LogP contribution in [0.1, 0.15) is 45.4 Å². The molecule has 3 nitrogen and oxygen atoms in total. The summed E-state index contributed by atoms with van der Waals surface area (Å²) in [7, 11) is 0. The summed E-state index contributed by atoms with van der Waals surface area (Å²) >= 11 is 0. The van der Waals surface area contributed by atoms with Gasteiger partial charge < -0.3 is 11.1 Å². The maximum Gasteiger partial charge on any atom is 0.224 e. The van der Waals surface area contributed by atoms with E-state index in [4.69, 9.17) is 5.73 Å². The summed E-state index contributed by atoms with van der Waals surface area (Å²) in [6.45, 7) is 2.14. The Morgan fingerprint density at radius 1 is 1.33 bits per heavy atom. The zero-order chi connectivity index (χ0) is 10.8. The van der Waals surface area contributed by atoms with Gasteiger partial charge >= 0.3 is 0 Å². The minimum atomic E-state index is 0.107. The van der Waals surface area contributed by atoms with Crippen LogP contribution < -0.4 is 11.1 Å². The van der Waals surface area contributed by atoms with E-state index >= 15 is 0 Å². The molecule has 3 N–H and O–H groups in total. The fourth-order valence-corrected chi connectivity index (χ4v) is 2.60. The third-order valence-corrected chi connectivity index (χ3v) is 3.90. The summed E-state index contributed by atoms with van der Waals surface area (Å²) in [6.07, 6.45) is 7.45. The lowest BCUT2D eigenvalue weighted by Crippen LogP contribution is -2.40. The molecule has 15 heavy (non-hydrogen) atoms. The molecule has 2 fully saturated rings. The fraction of sp³-hybridized carbons (Fsp3) is 0.917. The van der Waals surface area contributed by atoms with Gasteiger partial charge in [0, 0.05) is 12.1 Å². The first-order chi connectivity index (χ1) is 7.18. The average Bonchev–Trinajstić information content (AvgIpc) is 2.97. The number of amides is 1. The minimum absolute atomic E-state index is 0.107. The largest absolute Gasteiger partial charge is 0.353 e. The molecule has 2 aliphatic rings. The lowest BCUT2D eigenvalue weighted by molar-refractivity contribution is -0.123. The van der Waals surface area contributed by atoms with E-state index in [1.54, 1.807) is 0 Å². The van der Waals surface area contributed by atoms with Crippen molar-refractivity contribution >= 4 is 5.91 Å². The Balaban J connectivity index is 1.75. The fourth-order valence-electron chi connectivity index (χ4n) is 2.60. The number of nitrogens with two attached hydrogens (primary N) is 1. The van der Waals surface area contributed by atoms with Gasteiger partial charge in [0.05, 0.1) is 5.92 Å². The molecule has 0 saturated heterocycles. The zero-order valence-corrected chi connectivity index (χ0v) is 9.54. The van der Waals surface area contributed by atoms with Crippen molar-refractivity contribution in [1.82, 2.24) is 5.32 Å². The number of carbonyl (C=O) groups excluding carboxylic acids is 1. The predicted octanol–water partition coefficient (Wildman–Crippen LogP) is 1.42. The summed E-state index contributed by atoms with van der Waals surface area (Å²) in [5.41, 5.74) is 5.66. The monoisotopic (exact) mass is 210 g/mol. The minimum Gasteiger partial charge on any atom is -0.353 e. The van der Waals surface area contributed by atoms with Crippen molar-refractivity contribution < 1.29 is 4.79 Å². The Bertz CT molecular complexity index is 236. The highest BCUT2D eigenvalue weighted by Crippen LogP contribution is 2.30. The first-order valence-corrected chi connectivity index (χ1v) is 6.24. The van der Waals surface area contributed by atoms with E-state index < -0.39 is 0 Å². The molecule has 3 heteroatoms. The molecule has 0 aromatic heterocycles. The van der Waals surface area contributed by atoms with Crippen LogP contribution in [-0.2, 0) is 4.79 Å². The van der Waals surface area contributed by atoms with Gasteiger partial charge in [0.2, 0.25) is 5.91 Å². The van der Waals surface area contributed by atoms with Crippen LogP contribution in [-0.4, -0.2) is 18.0 Å². The Labute approximate surface area is 91.8 Å². The molecular formula is C12H22N2O. The van der Waals surface area contributed by atoms with Gasteiger partial charge in [-0.1, -0.05) is 19.3 Å². The number of nitrogens with one attached hydrogen (secondary N) is 1. The Morgan fingerprint density at radius 2 is 1.93 bits per heavy atom. The molecule has 0 radical (unpaired) electrons. The molecule has 0 aromatic carbocycles. The zero-order valence-electron chi connectivity index (χ0n) is 9.54. The van der Waals surface area contributed by atoms with Crippen molar-refractivity contribution in [3.8, 4) is 0 Å². The molecule has 2 saturated carbocycles. The maximum absolute atomic E-state index is 11.7. The van der Waals surface area contributed by atoms with E-state index in [9.17, 15) is 4.79 Å². The van der Waals surface area contributed by atoms with Gasteiger partial charge in [0.25, 0.3) is 0 Å². The molecule has 1 amide bonds. The SMILES string of the molecule is CC(NC(=O)C1CC1N)C1CCCCC1. The Hall–Kier alpha value is -0.570. The van der Waals surface area contributed by atoms with Crippen LogP contribution in [0.2, 0.25) is 0 Å². The summed E-state index contributed by atoms with van der Waals surface area (Å²) in [5.74, 6) is 0.981. The number of hydrogen-bond acceptors (Lipinski definition) is 2. The third kappa shape index (κ3) is 2.71. The molecule has 0 aliphatic heterocycles. The Kier molecular flexibility index (Phi) is 3.29. The van der Waals surface area contributed by atoms with Gasteiger partial charge in [-0.2, -0.15) is 0 Å². The van der Waals surface area contributed by atoms with Crippen molar-refractivity contribution in [2.24, 2.45) is 17.6 Å². The van der Waals surface area contributed by atoms with Crippen molar-refractivity contribution in [2.45, 2.75) is 57.5 Å². The number of carbonyl (C=O) groups is 1. The van der Waals surface area contributed by atoms with Crippen molar-refractivity contribution in [3.05, 3.63) is 0 Å². The van der Waals surface area contributed by atoms with Crippen LogP contribution >= 0.6 is 0 Å². The van der Waals surface area contributed by atoms with Crippen LogP contribution in [0.3, 0.4) is 0 Å².